The second-order valence-electron chi connectivity index (χ2n) is 8.17. The molecule has 0 spiro atoms. The van der Waals surface area contributed by atoms with E-state index in [0.717, 1.165) is 19.3 Å². The number of aliphatic hydroxyl groups excluding tert-OH is 3. The molecular weight excluding hydrogens is 380 g/mol. The van der Waals surface area contributed by atoms with Crippen LogP contribution < -0.4 is 0 Å². The van der Waals surface area contributed by atoms with Crippen LogP contribution in [0.4, 0.5) is 0 Å². The van der Waals surface area contributed by atoms with Gasteiger partial charge < -0.3 is 20.1 Å². The second kappa shape index (κ2) is 14.7. The lowest BCUT2D eigenvalue weighted by molar-refractivity contribution is -0.00880. The maximum Gasteiger partial charge on any atom is 0.187 e. The van der Waals surface area contributed by atoms with Crippen molar-refractivity contribution in [2.45, 2.75) is 121 Å². The minimum Gasteiger partial charge on any atom is -0.394 e. The average Bonchev–Trinajstić information content (AvgIpc) is 2.97. The molecule has 4 atom stereocenters. The van der Waals surface area contributed by atoms with Crippen LogP contribution in [0.1, 0.15) is 96.8 Å². The van der Waals surface area contributed by atoms with E-state index < -0.39 is 40.2 Å². The summed E-state index contributed by atoms with van der Waals surface area (Å²) in [6.07, 6.45) is 12.9. The van der Waals surface area contributed by atoms with Crippen molar-refractivity contribution in [3.05, 3.63) is 0 Å². The van der Waals surface area contributed by atoms with E-state index in [9.17, 15) is 18.6 Å². The standard InChI is InChI=1S/C21H42O6S/c1-2-3-4-5-6-7-8-9-10-11-12-13-14-15-16-28(25,26)21-20(24)19(23)18(17-22)27-21/h18-24H,2-17H2,1H3/t18-,19-,20+,21+/m1/s1. The molecule has 1 fully saturated rings. The summed E-state index contributed by atoms with van der Waals surface area (Å²) in [5, 5.41) is 28.6. The monoisotopic (exact) mass is 422 g/mol. The highest BCUT2D eigenvalue weighted by molar-refractivity contribution is 7.91. The van der Waals surface area contributed by atoms with Gasteiger partial charge in [0.25, 0.3) is 0 Å². The summed E-state index contributed by atoms with van der Waals surface area (Å²) in [6.45, 7) is 1.73. The Hall–Kier alpha value is -0.210. The fourth-order valence-corrected chi connectivity index (χ4v) is 5.51. The third-order valence-corrected chi connectivity index (χ3v) is 7.59. The van der Waals surface area contributed by atoms with Crippen LogP contribution in [0, 0.1) is 0 Å². The number of rotatable bonds is 17. The van der Waals surface area contributed by atoms with Crippen LogP contribution in [0.25, 0.3) is 0 Å². The van der Waals surface area contributed by atoms with Crippen molar-refractivity contribution in [1.82, 2.24) is 0 Å². The van der Waals surface area contributed by atoms with Gasteiger partial charge in [0.05, 0.1) is 12.4 Å². The highest BCUT2D eigenvalue weighted by Gasteiger charge is 2.48. The van der Waals surface area contributed by atoms with Gasteiger partial charge in [0.1, 0.15) is 18.3 Å². The molecule has 3 N–H and O–H groups in total. The second-order valence-corrected chi connectivity index (χ2v) is 10.4. The van der Waals surface area contributed by atoms with Crippen molar-refractivity contribution in [3.8, 4) is 0 Å². The molecule has 1 heterocycles. The normalized spacial score (nSPS) is 25.4. The maximum absolute atomic E-state index is 12.3. The molecule has 0 aromatic carbocycles. The van der Waals surface area contributed by atoms with Crippen molar-refractivity contribution in [3.63, 3.8) is 0 Å². The van der Waals surface area contributed by atoms with Gasteiger partial charge >= 0.3 is 0 Å². The fraction of sp³-hybridized carbons (Fsp3) is 1.00. The topological polar surface area (TPSA) is 104 Å². The van der Waals surface area contributed by atoms with Crippen LogP contribution in [0.15, 0.2) is 0 Å². The molecule has 0 aromatic rings. The molecule has 1 aliphatic rings. The van der Waals surface area contributed by atoms with E-state index in [2.05, 4.69) is 6.92 Å². The molecule has 0 saturated carbocycles. The van der Waals surface area contributed by atoms with Crippen molar-refractivity contribution in [2.24, 2.45) is 0 Å². The van der Waals surface area contributed by atoms with Crippen molar-refractivity contribution < 1.29 is 28.5 Å². The van der Waals surface area contributed by atoms with E-state index in [-0.39, 0.29) is 5.75 Å². The first-order valence-corrected chi connectivity index (χ1v) is 13.0. The summed E-state index contributed by atoms with van der Waals surface area (Å²) in [7, 11) is -3.64. The molecule has 1 saturated heterocycles. The lowest BCUT2D eigenvalue weighted by atomic mass is 10.0. The smallest absolute Gasteiger partial charge is 0.187 e. The third kappa shape index (κ3) is 9.53. The van der Waals surface area contributed by atoms with Gasteiger partial charge in [-0.05, 0) is 6.42 Å². The molecule has 0 amide bonds. The van der Waals surface area contributed by atoms with Crippen LogP contribution in [0.2, 0.25) is 0 Å². The molecule has 168 valence electrons. The Morgan fingerprint density at radius 3 is 1.54 bits per heavy atom. The summed E-state index contributed by atoms with van der Waals surface area (Å²) in [4.78, 5) is 0. The third-order valence-electron chi connectivity index (χ3n) is 5.63. The zero-order valence-electron chi connectivity index (χ0n) is 17.6. The summed E-state index contributed by atoms with van der Waals surface area (Å²) in [6, 6.07) is 0. The molecule has 1 rings (SSSR count). The van der Waals surface area contributed by atoms with Gasteiger partial charge in [0, 0.05) is 0 Å². The first-order valence-electron chi connectivity index (χ1n) is 11.3. The Kier molecular flexibility index (Phi) is 13.6. The van der Waals surface area contributed by atoms with Gasteiger partial charge in [0.2, 0.25) is 0 Å². The molecule has 1 aliphatic heterocycles. The highest BCUT2D eigenvalue weighted by Crippen LogP contribution is 2.26. The van der Waals surface area contributed by atoms with Crippen molar-refractivity contribution in [1.29, 1.82) is 0 Å². The fourth-order valence-electron chi connectivity index (χ4n) is 3.78. The predicted molar refractivity (Wildman–Crippen MR) is 112 cm³/mol. The Morgan fingerprint density at radius 1 is 0.714 bits per heavy atom. The van der Waals surface area contributed by atoms with Gasteiger partial charge in [-0.15, -0.1) is 0 Å². The number of sulfone groups is 1. The number of aliphatic hydroxyl groups is 3. The van der Waals surface area contributed by atoms with E-state index >= 15 is 0 Å². The molecule has 6 nitrogen and oxygen atoms in total. The highest BCUT2D eigenvalue weighted by atomic mass is 32.2. The molecule has 28 heavy (non-hydrogen) atoms. The number of ether oxygens (including phenoxy) is 1. The van der Waals surface area contributed by atoms with Crippen LogP contribution in [-0.2, 0) is 14.6 Å². The van der Waals surface area contributed by atoms with Crippen molar-refractivity contribution >= 4 is 9.84 Å². The minimum atomic E-state index is -3.64. The van der Waals surface area contributed by atoms with E-state index in [1.807, 2.05) is 0 Å². The molecule has 7 heteroatoms. The molecule has 0 bridgehead atoms. The summed E-state index contributed by atoms with van der Waals surface area (Å²) >= 11 is 0. The van der Waals surface area contributed by atoms with Gasteiger partial charge in [-0.2, -0.15) is 0 Å². The summed E-state index contributed by atoms with van der Waals surface area (Å²) < 4.78 is 29.7. The van der Waals surface area contributed by atoms with E-state index in [4.69, 9.17) is 9.84 Å². The summed E-state index contributed by atoms with van der Waals surface area (Å²) in [5.74, 6) is -0.0579. The van der Waals surface area contributed by atoms with Crippen LogP contribution >= 0.6 is 0 Å². The Morgan fingerprint density at radius 2 is 1.14 bits per heavy atom. The van der Waals surface area contributed by atoms with Crippen LogP contribution in [0.3, 0.4) is 0 Å². The average molecular weight is 423 g/mol. The zero-order valence-corrected chi connectivity index (χ0v) is 18.4. The van der Waals surface area contributed by atoms with Crippen molar-refractivity contribution in [2.75, 3.05) is 12.4 Å². The number of unbranched alkanes of at least 4 members (excludes halogenated alkanes) is 13. The first-order chi connectivity index (χ1) is 13.4. The van der Waals surface area contributed by atoms with Gasteiger partial charge in [-0.3, -0.25) is 0 Å². The van der Waals surface area contributed by atoms with E-state index in [1.54, 1.807) is 0 Å². The zero-order chi connectivity index (χ0) is 20.8. The van der Waals surface area contributed by atoms with E-state index in [1.165, 1.54) is 64.2 Å². The lowest BCUT2D eigenvalue weighted by Gasteiger charge is -2.15. The van der Waals surface area contributed by atoms with Gasteiger partial charge in [0.15, 0.2) is 15.3 Å². The Balaban J connectivity index is 2.00. The minimum absolute atomic E-state index is 0.0579. The molecule has 0 aromatic heterocycles. The Labute approximate surface area is 171 Å². The molecule has 0 unspecified atom stereocenters. The Bertz CT molecular complexity index is 481. The van der Waals surface area contributed by atoms with Gasteiger partial charge in [-0.25, -0.2) is 8.42 Å². The number of hydrogen-bond donors (Lipinski definition) is 3. The molecule has 0 aliphatic carbocycles. The maximum atomic E-state index is 12.3. The summed E-state index contributed by atoms with van der Waals surface area (Å²) in [5.41, 5.74) is -1.43. The molecule has 0 radical (unpaired) electrons. The van der Waals surface area contributed by atoms with Gasteiger partial charge in [-0.1, -0.05) is 90.4 Å². The number of hydrogen-bond acceptors (Lipinski definition) is 6. The quantitative estimate of drug-likeness (QED) is 0.311. The van der Waals surface area contributed by atoms with Crippen LogP contribution in [0.5, 0.6) is 0 Å². The lowest BCUT2D eigenvalue weighted by Crippen LogP contribution is -2.37. The SMILES string of the molecule is CCCCCCCCCCCCCCCCS(=O)(=O)[C@@H]1O[C@H](CO)[C@@H](O)[C@@H]1O. The molecular formula is C21H42O6S. The van der Waals surface area contributed by atoms with Crippen LogP contribution in [-0.4, -0.2) is 59.8 Å². The predicted octanol–water partition coefficient (Wildman–Crippen LogP) is 3.32. The first kappa shape index (κ1) is 25.8. The van der Waals surface area contributed by atoms with E-state index in [0.29, 0.717) is 6.42 Å². The largest absolute Gasteiger partial charge is 0.394 e.